The van der Waals surface area contributed by atoms with E-state index in [0.717, 1.165) is 18.2 Å². The molecule has 20 heavy (non-hydrogen) atoms. The molecule has 2 aliphatic heterocycles. The van der Waals surface area contributed by atoms with Gasteiger partial charge in [-0.15, -0.1) is 11.8 Å². The van der Waals surface area contributed by atoms with E-state index in [2.05, 4.69) is 9.88 Å². The van der Waals surface area contributed by atoms with Crippen molar-refractivity contribution in [3.05, 3.63) is 24.1 Å². The molecule has 4 rings (SSSR count). The van der Waals surface area contributed by atoms with Gasteiger partial charge in [-0.25, -0.2) is 9.37 Å². The van der Waals surface area contributed by atoms with Crippen LogP contribution >= 0.6 is 11.8 Å². The summed E-state index contributed by atoms with van der Waals surface area (Å²) in [5.74, 6) is 0.752. The van der Waals surface area contributed by atoms with Crippen molar-refractivity contribution in [3.63, 3.8) is 0 Å². The van der Waals surface area contributed by atoms with Gasteiger partial charge in [-0.3, -0.25) is 4.90 Å². The highest BCUT2D eigenvalue weighted by atomic mass is 32.2. The Labute approximate surface area is 122 Å². The second-order valence-electron chi connectivity index (χ2n) is 6.22. The molecule has 5 heteroatoms. The number of rotatable bonds is 3. The SMILES string of the molecule is Fc1cccnc1O[C@H]1CSC2(C1)CN(C1CCC1)C2. The van der Waals surface area contributed by atoms with Gasteiger partial charge in [0.2, 0.25) is 0 Å². The van der Waals surface area contributed by atoms with Crippen LogP contribution in [0.25, 0.3) is 0 Å². The normalized spacial score (nSPS) is 29.1. The van der Waals surface area contributed by atoms with Crippen LogP contribution in [-0.2, 0) is 0 Å². The molecule has 1 spiro atoms. The van der Waals surface area contributed by atoms with Crippen LogP contribution in [0.2, 0.25) is 0 Å². The predicted molar refractivity (Wildman–Crippen MR) is 77.6 cm³/mol. The molecule has 3 fully saturated rings. The number of pyridine rings is 1. The molecule has 1 atom stereocenters. The third-order valence-electron chi connectivity index (χ3n) is 4.75. The van der Waals surface area contributed by atoms with E-state index in [0.29, 0.717) is 4.75 Å². The minimum atomic E-state index is -0.358. The van der Waals surface area contributed by atoms with Crippen molar-refractivity contribution in [1.82, 2.24) is 9.88 Å². The summed E-state index contributed by atoms with van der Waals surface area (Å²) in [4.78, 5) is 6.59. The third-order valence-corrected chi connectivity index (χ3v) is 6.33. The van der Waals surface area contributed by atoms with E-state index < -0.39 is 0 Å². The van der Waals surface area contributed by atoms with Crippen molar-refractivity contribution in [2.24, 2.45) is 0 Å². The lowest BCUT2D eigenvalue weighted by Crippen LogP contribution is -2.63. The van der Waals surface area contributed by atoms with Crippen LogP contribution < -0.4 is 4.74 Å². The van der Waals surface area contributed by atoms with E-state index in [1.165, 1.54) is 38.4 Å². The molecule has 108 valence electrons. The van der Waals surface area contributed by atoms with E-state index in [1.807, 2.05) is 11.8 Å². The summed E-state index contributed by atoms with van der Waals surface area (Å²) in [5, 5.41) is 0. The summed E-state index contributed by atoms with van der Waals surface area (Å²) in [6, 6.07) is 3.84. The second kappa shape index (κ2) is 4.88. The fourth-order valence-corrected chi connectivity index (χ4v) is 4.96. The highest BCUT2D eigenvalue weighted by molar-refractivity contribution is 8.01. The van der Waals surface area contributed by atoms with Gasteiger partial charge in [0.15, 0.2) is 5.82 Å². The minimum Gasteiger partial charge on any atom is -0.471 e. The molecule has 1 saturated carbocycles. The molecule has 3 nitrogen and oxygen atoms in total. The van der Waals surface area contributed by atoms with E-state index in [9.17, 15) is 4.39 Å². The first kappa shape index (κ1) is 12.9. The molecule has 0 bridgehead atoms. The Kier molecular flexibility index (Phi) is 3.15. The zero-order chi connectivity index (χ0) is 13.6. The molecule has 3 heterocycles. The number of hydrogen-bond donors (Lipinski definition) is 0. The summed E-state index contributed by atoms with van der Waals surface area (Å²) in [5.41, 5.74) is 0. The molecule has 3 aliphatic rings. The number of nitrogens with zero attached hydrogens (tertiary/aromatic N) is 2. The maximum Gasteiger partial charge on any atom is 0.250 e. The Balaban J connectivity index is 1.34. The molecule has 1 aromatic heterocycles. The number of halogens is 1. The van der Waals surface area contributed by atoms with Gasteiger partial charge in [0.1, 0.15) is 6.10 Å². The van der Waals surface area contributed by atoms with Crippen molar-refractivity contribution >= 4 is 11.8 Å². The monoisotopic (exact) mass is 294 g/mol. The number of thioether (sulfide) groups is 1. The minimum absolute atomic E-state index is 0.105. The van der Waals surface area contributed by atoms with Gasteiger partial charge in [0.25, 0.3) is 5.88 Å². The molecule has 0 amide bonds. The van der Waals surface area contributed by atoms with Crippen molar-refractivity contribution in [1.29, 1.82) is 0 Å². The number of aromatic nitrogens is 1. The summed E-state index contributed by atoms with van der Waals surface area (Å²) >= 11 is 2.00. The van der Waals surface area contributed by atoms with Crippen LogP contribution in [0.15, 0.2) is 18.3 Å². The first-order valence-corrected chi connectivity index (χ1v) is 8.38. The Hall–Kier alpha value is -0.810. The van der Waals surface area contributed by atoms with Gasteiger partial charge >= 0.3 is 0 Å². The van der Waals surface area contributed by atoms with Gasteiger partial charge in [-0.05, 0) is 25.0 Å². The largest absolute Gasteiger partial charge is 0.471 e. The van der Waals surface area contributed by atoms with Crippen molar-refractivity contribution in [2.75, 3.05) is 18.8 Å². The second-order valence-corrected chi connectivity index (χ2v) is 7.71. The quantitative estimate of drug-likeness (QED) is 0.856. The van der Waals surface area contributed by atoms with Crippen LogP contribution in [0.4, 0.5) is 4.39 Å². The van der Waals surface area contributed by atoms with Gasteiger partial charge < -0.3 is 4.74 Å². The molecule has 0 aromatic carbocycles. The fourth-order valence-electron chi connectivity index (χ4n) is 3.42. The summed E-state index contributed by atoms with van der Waals surface area (Å²) < 4.78 is 19.7. The maximum absolute atomic E-state index is 13.6. The lowest BCUT2D eigenvalue weighted by Gasteiger charge is -2.53. The zero-order valence-corrected chi connectivity index (χ0v) is 12.2. The van der Waals surface area contributed by atoms with Crippen LogP contribution in [0, 0.1) is 5.82 Å². The van der Waals surface area contributed by atoms with Crippen molar-refractivity contribution in [3.8, 4) is 5.88 Å². The molecule has 0 radical (unpaired) electrons. The average molecular weight is 294 g/mol. The smallest absolute Gasteiger partial charge is 0.250 e. The van der Waals surface area contributed by atoms with E-state index in [1.54, 1.807) is 12.3 Å². The first-order chi connectivity index (χ1) is 9.74. The molecule has 0 N–H and O–H groups in total. The van der Waals surface area contributed by atoms with Gasteiger partial charge in [-0.1, -0.05) is 6.42 Å². The number of likely N-dealkylation sites (tertiary alicyclic amines) is 1. The number of ether oxygens (including phenoxy) is 1. The average Bonchev–Trinajstić information content (AvgIpc) is 2.74. The van der Waals surface area contributed by atoms with Gasteiger partial charge in [-0.2, -0.15) is 0 Å². The molecule has 0 unspecified atom stereocenters. The van der Waals surface area contributed by atoms with E-state index in [-0.39, 0.29) is 17.8 Å². The molecular formula is C15H19FN2OS. The van der Waals surface area contributed by atoms with Crippen LogP contribution in [0.5, 0.6) is 5.88 Å². The predicted octanol–water partition coefficient (Wildman–Crippen LogP) is 2.71. The summed E-state index contributed by atoms with van der Waals surface area (Å²) in [6.07, 6.45) is 6.86. The number of hydrogen-bond acceptors (Lipinski definition) is 4. The van der Waals surface area contributed by atoms with Gasteiger partial charge in [0.05, 0.1) is 0 Å². The lowest BCUT2D eigenvalue weighted by atomic mass is 9.84. The first-order valence-electron chi connectivity index (χ1n) is 7.39. The Morgan fingerprint density at radius 2 is 2.25 bits per heavy atom. The zero-order valence-electron chi connectivity index (χ0n) is 11.4. The molecular weight excluding hydrogens is 275 g/mol. The summed E-state index contributed by atoms with van der Waals surface area (Å²) in [7, 11) is 0. The van der Waals surface area contributed by atoms with Crippen LogP contribution in [0.3, 0.4) is 0 Å². The topological polar surface area (TPSA) is 25.4 Å². The molecule has 1 aromatic rings. The third kappa shape index (κ3) is 2.21. The Bertz CT molecular complexity index is 502. The van der Waals surface area contributed by atoms with E-state index >= 15 is 0 Å². The van der Waals surface area contributed by atoms with E-state index in [4.69, 9.17) is 4.74 Å². The van der Waals surface area contributed by atoms with Crippen molar-refractivity contribution < 1.29 is 9.13 Å². The lowest BCUT2D eigenvalue weighted by molar-refractivity contribution is 0.0237. The van der Waals surface area contributed by atoms with Crippen LogP contribution in [-0.4, -0.2) is 45.6 Å². The maximum atomic E-state index is 13.6. The highest BCUT2D eigenvalue weighted by Gasteiger charge is 2.52. The Morgan fingerprint density at radius 3 is 2.95 bits per heavy atom. The summed E-state index contributed by atoms with van der Waals surface area (Å²) in [6.45, 7) is 2.37. The molecule has 1 aliphatic carbocycles. The highest BCUT2D eigenvalue weighted by Crippen LogP contribution is 2.48. The van der Waals surface area contributed by atoms with Crippen molar-refractivity contribution in [2.45, 2.75) is 42.6 Å². The molecule has 2 saturated heterocycles. The standard InChI is InChI=1S/C15H19FN2OS/c16-13-5-2-6-17-14(13)19-12-7-15(20-8-12)9-18(10-15)11-3-1-4-11/h2,5-6,11-12H,1,3-4,7-10H2/t12-/m1/s1. The Morgan fingerprint density at radius 1 is 1.40 bits per heavy atom. The fraction of sp³-hybridized carbons (Fsp3) is 0.667. The van der Waals surface area contributed by atoms with Crippen LogP contribution in [0.1, 0.15) is 25.7 Å². The van der Waals surface area contributed by atoms with Gasteiger partial charge in [0, 0.05) is 42.2 Å².